The smallest absolute Gasteiger partial charge is 0.326 e. The van der Waals surface area contributed by atoms with Gasteiger partial charge in [0, 0.05) is 32.9 Å². The summed E-state index contributed by atoms with van der Waals surface area (Å²) in [6.07, 6.45) is 4.68. The minimum Gasteiger partial charge on any atom is -0.480 e. The maximum absolute atomic E-state index is 14.4. The van der Waals surface area contributed by atoms with E-state index in [0.717, 1.165) is 32.1 Å². The first-order chi connectivity index (χ1) is 30.7. The number of carboxylic acids is 1. The Morgan fingerprint density at radius 1 is 0.615 bits per heavy atom. The van der Waals surface area contributed by atoms with Gasteiger partial charge in [-0.15, -0.1) is 0 Å². The monoisotopic (exact) mass is 914 g/mol. The van der Waals surface area contributed by atoms with E-state index in [4.69, 9.17) is 28.7 Å². The average molecular weight is 914 g/mol. The van der Waals surface area contributed by atoms with Gasteiger partial charge in [-0.05, 0) is 62.3 Å². The third-order valence-corrected chi connectivity index (χ3v) is 10.7. The lowest BCUT2D eigenvalue weighted by Crippen LogP contribution is -2.60. The quantitative estimate of drug-likeness (QED) is 0.0251. The van der Waals surface area contributed by atoms with Gasteiger partial charge in [-0.3, -0.25) is 43.5 Å². The van der Waals surface area contributed by atoms with E-state index < -0.39 is 83.6 Å². The molecule has 362 valence electrons. The first-order valence-corrected chi connectivity index (χ1v) is 22.2. The molecule has 1 aromatic carbocycles. The van der Waals surface area contributed by atoms with Gasteiger partial charge in [0.2, 0.25) is 41.4 Å². The van der Waals surface area contributed by atoms with Crippen LogP contribution in [0.1, 0.15) is 110 Å². The van der Waals surface area contributed by atoms with Crippen molar-refractivity contribution in [1.82, 2.24) is 31.9 Å². The number of rotatable bonds is 29. The van der Waals surface area contributed by atoms with Crippen molar-refractivity contribution in [2.45, 2.75) is 147 Å². The molecule has 0 radical (unpaired) electrons. The second-order valence-electron chi connectivity index (χ2n) is 16.9. The van der Waals surface area contributed by atoms with E-state index in [9.17, 15) is 43.5 Å². The molecule has 6 atom stereocenters. The Kier molecular flexibility index (Phi) is 24.4. The molecule has 0 aromatic heterocycles. The number of carbonyl (C=O) groups is 8. The number of aliphatic carboxylic acids is 1. The van der Waals surface area contributed by atoms with E-state index in [-0.39, 0.29) is 88.2 Å². The first-order valence-electron chi connectivity index (χ1n) is 22.2. The molecule has 17 N–H and O–H groups in total. The number of nitrogens with one attached hydrogen (secondary N) is 6. The van der Waals surface area contributed by atoms with Crippen LogP contribution in [0.4, 0.5) is 0 Å². The molecule has 0 spiro atoms. The minimum absolute atomic E-state index is 0.00845. The lowest BCUT2D eigenvalue weighted by molar-refractivity contribution is -0.142. The highest BCUT2D eigenvalue weighted by molar-refractivity contribution is 5.97. The van der Waals surface area contributed by atoms with Crippen LogP contribution >= 0.6 is 0 Å². The maximum Gasteiger partial charge on any atom is 0.326 e. The van der Waals surface area contributed by atoms with Crippen molar-refractivity contribution in [1.29, 1.82) is 0 Å². The maximum atomic E-state index is 14.4. The molecule has 1 aromatic rings. The molecule has 1 fully saturated rings. The Labute approximate surface area is 380 Å². The number of aliphatic imine (C=N–C) groups is 2. The van der Waals surface area contributed by atoms with E-state index in [0.29, 0.717) is 12.0 Å². The lowest BCUT2D eigenvalue weighted by Gasteiger charge is -2.30. The van der Waals surface area contributed by atoms with E-state index >= 15 is 0 Å². The predicted molar refractivity (Wildman–Crippen MR) is 244 cm³/mol. The molecule has 0 bridgehead atoms. The van der Waals surface area contributed by atoms with Crippen molar-refractivity contribution in [3.05, 3.63) is 35.9 Å². The van der Waals surface area contributed by atoms with E-state index in [2.05, 4.69) is 41.9 Å². The third-order valence-electron chi connectivity index (χ3n) is 10.7. The second-order valence-corrected chi connectivity index (χ2v) is 16.9. The van der Waals surface area contributed by atoms with E-state index in [1.54, 1.807) is 30.3 Å². The molecule has 0 heterocycles. The van der Waals surface area contributed by atoms with Gasteiger partial charge in [-0.2, -0.15) is 0 Å². The molecule has 0 saturated heterocycles. The summed E-state index contributed by atoms with van der Waals surface area (Å²) in [5.74, 6) is -6.77. The number of amides is 7. The summed E-state index contributed by atoms with van der Waals surface area (Å²) < 4.78 is 0. The highest BCUT2D eigenvalue weighted by Gasteiger charge is 2.35. The van der Waals surface area contributed by atoms with Crippen LogP contribution in [0.3, 0.4) is 0 Å². The van der Waals surface area contributed by atoms with Crippen LogP contribution in [0.15, 0.2) is 40.3 Å². The van der Waals surface area contributed by atoms with Crippen molar-refractivity contribution in [2.24, 2.45) is 50.5 Å². The van der Waals surface area contributed by atoms with Gasteiger partial charge < -0.3 is 65.7 Å². The number of primary amides is 1. The molecular formula is C43H71N13O9. The van der Waals surface area contributed by atoms with Gasteiger partial charge in [0.25, 0.3) is 0 Å². The van der Waals surface area contributed by atoms with Crippen LogP contribution in [0.2, 0.25) is 0 Å². The molecule has 0 aliphatic heterocycles. The summed E-state index contributed by atoms with van der Waals surface area (Å²) in [7, 11) is 0. The van der Waals surface area contributed by atoms with Crippen LogP contribution in [0.25, 0.3) is 0 Å². The van der Waals surface area contributed by atoms with Crippen LogP contribution in [0, 0.1) is 11.8 Å². The zero-order valence-electron chi connectivity index (χ0n) is 37.8. The van der Waals surface area contributed by atoms with Crippen molar-refractivity contribution in [3.63, 3.8) is 0 Å². The molecule has 1 aliphatic carbocycles. The first kappa shape index (κ1) is 54.7. The summed E-state index contributed by atoms with van der Waals surface area (Å²) in [6.45, 7) is 5.12. The zero-order chi connectivity index (χ0) is 48.5. The van der Waals surface area contributed by atoms with Crippen LogP contribution in [0.5, 0.6) is 0 Å². The lowest BCUT2D eigenvalue weighted by atomic mass is 9.84. The van der Waals surface area contributed by atoms with Crippen LogP contribution in [-0.4, -0.2) is 114 Å². The molecule has 65 heavy (non-hydrogen) atoms. The number of guanidine groups is 2. The highest BCUT2D eigenvalue weighted by Crippen LogP contribution is 2.27. The Hall–Kier alpha value is -6.48. The topological polar surface area (TPSA) is 384 Å². The van der Waals surface area contributed by atoms with Crippen molar-refractivity contribution >= 4 is 59.2 Å². The molecule has 1 saturated carbocycles. The van der Waals surface area contributed by atoms with Gasteiger partial charge in [0.05, 0.1) is 0 Å². The average Bonchev–Trinajstić information content (AvgIpc) is 3.23. The van der Waals surface area contributed by atoms with Gasteiger partial charge in [-0.25, -0.2) is 4.79 Å². The van der Waals surface area contributed by atoms with Crippen LogP contribution in [-0.2, 0) is 44.8 Å². The SMILES string of the molecule is CC(=O)N[C@@H](CCCN=C(N)N)C(=O)NC(CCC(N)=O)C(=O)N[C@@H](CC1CCCCC1)C(=O)N[C@@H](CCCN=C(N)N)C(=O)N[C@@H](CC(C)C)C(=O)N[C@@H](Cc1ccccc1)C(=O)O. The van der Waals surface area contributed by atoms with Gasteiger partial charge in [0.15, 0.2) is 11.9 Å². The van der Waals surface area contributed by atoms with Gasteiger partial charge in [0.1, 0.15) is 36.3 Å². The molecule has 7 amide bonds. The number of hydrogen-bond donors (Lipinski definition) is 12. The molecule has 22 nitrogen and oxygen atoms in total. The van der Waals surface area contributed by atoms with E-state index in [1.165, 1.54) is 6.92 Å². The number of hydrogen-bond acceptors (Lipinski definition) is 10. The van der Waals surface area contributed by atoms with Crippen molar-refractivity contribution < 1.29 is 43.5 Å². The Morgan fingerprint density at radius 3 is 1.54 bits per heavy atom. The molecular weight excluding hydrogens is 843 g/mol. The second kappa shape index (κ2) is 29.1. The fraction of sp³-hybridized carbons (Fsp3) is 0.628. The zero-order valence-corrected chi connectivity index (χ0v) is 37.8. The summed E-state index contributed by atoms with van der Waals surface area (Å²) in [5, 5.41) is 25.9. The predicted octanol–water partition coefficient (Wildman–Crippen LogP) is -1.37. The molecule has 1 aliphatic rings. The summed E-state index contributed by atoms with van der Waals surface area (Å²) in [5.41, 5.74) is 27.9. The Morgan fingerprint density at radius 2 is 1.06 bits per heavy atom. The third kappa shape index (κ3) is 22.6. The van der Waals surface area contributed by atoms with Crippen molar-refractivity contribution in [3.8, 4) is 0 Å². The largest absolute Gasteiger partial charge is 0.480 e. The summed E-state index contributed by atoms with van der Waals surface area (Å²) in [4.78, 5) is 114. The van der Waals surface area contributed by atoms with Crippen LogP contribution < -0.4 is 60.6 Å². The van der Waals surface area contributed by atoms with E-state index in [1.807, 2.05) is 13.8 Å². The normalized spacial score (nSPS) is 15.3. The number of nitrogens with two attached hydrogens (primary N) is 5. The number of carboxylic acid groups (broad SMARTS) is 1. The van der Waals surface area contributed by atoms with Gasteiger partial charge >= 0.3 is 5.97 Å². The summed E-state index contributed by atoms with van der Waals surface area (Å²) in [6, 6.07) is 1.23. The standard InChI is InChI=1S/C43H71N13O9/c1-25(2)22-32(39(62)56-34(41(64)65)24-28-14-8-5-9-15-28)54-37(60)30(17-11-21-50-43(47)48)52-40(63)33(23-27-12-6-4-7-13-27)55-38(61)31(18-19-35(44)58)53-36(59)29(51-26(3)57)16-10-20-49-42(45)46/h5,8-9,14-15,25,27,29-34H,4,6-7,10-13,16-24H2,1-3H3,(H2,44,58)(H,51,57)(H,52,63)(H,53,59)(H,54,60)(H,55,61)(H,56,62)(H,64,65)(H4,45,46,49)(H4,47,48,50)/t29-,30-,31?,32-,33-,34-/m0/s1. The highest BCUT2D eigenvalue weighted by atomic mass is 16.4. The van der Waals surface area contributed by atoms with Gasteiger partial charge in [-0.1, -0.05) is 76.3 Å². The number of nitrogens with zero attached hydrogens (tertiary/aromatic N) is 2. The number of benzene rings is 1. The Balaban J connectivity index is 2.44. The Bertz CT molecular complexity index is 1800. The molecule has 22 heteroatoms. The fourth-order valence-corrected chi connectivity index (χ4v) is 7.45. The minimum atomic E-state index is -1.38. The summed E-state index contributed by atoms with van der Waals surface area (Å²) >= 11 is 0. The fourth-order valence-electron chi connectivity index (χ4n) is 7.45. The van der Waals surface area contributed by atoms with Crippen molar-refractivity contribution in [2.75, 3.05) is 13.1 Å². The number of carbonyl (C=O) groups excluding carboxylic acids is 7. The molecule has 1 unspecified atom stereocenters. The molecule has 2 rings (SSSR count).